The van der Waals surface area contributed by atoms with Crippen molar-refractivity contribution in [3.63, 3.8) is 0 Å². The molecule has 17 heavy (non-hydrogen) atoms. The second-order valence-corrected chi connectivity index (χ2v) is 6.85. The van der Waals surface area contributed by atoms with Gasteiger partial charge in [0.15, 0.2) is 0 Å². The van der Waals surface area contributed by atoms with E-state index in [2.05, 4.69) is 51.8 Å². The standard InChI is InChI=1S/C14H18Br2O/c1-8-4-5-10-12(17-3)7-9(2)14(16)13(10)11(15)6-8/h7-8,11H,4-6H2,1-3H3. The molecule has 1 aromatic carbocycles. The van der Waals surface area contributed by atoms with Crippen LogP contribution in [0.3, 0.4) is 0 Å². The van der Waals surface area contributed by atoms with Crippen molar-refractivity contribution in [3.05, 3.63) is 27.2 Å². The van der Waals surface area contributed by atoms with Gasteiger partial charge in [-0.2, -0.15) is 0 Å². The SMILES string of the molecule is COc1cc(C)c(Br)c2c1CCC(C)CC2Br. The highest BCUT2D eigenvalue weighted by Gasteiger charge is 2.26. The number of alkyl halides is 1. The van der Waals surface area contributed by atoms with E-state index in [-0.39, 0.29) is 0 Å². The van der Waals surface area contributed by atoms with Crippen LogP contribution in [0.1, 0.15) is 41.3 Å². The van der Waals surface area contributed by atoms with Crippen LogP contribution in [0.15, 0.2) is 10.5 Å². The minimum absolute atomic E-state index is 0.429. The Morgan fingerprint density at radius 3 is 2.76 bits per heavy atom. The molecule has 0 heterocycles. The van der Waals surface area contributed by atoms with E-state index in [1.807, 2.05) is 0 Å². The van der Waals surface area contributed by atoms with E-state index in [1.54, 1.807) is 7.11 Å². The van der Waals surface area contributed by atoms with Gasteiger partial charge >= 0.3 is 0 Å². The van der Waals surface area contributed by atoms with Crippen LogP contribution >= 0.6 is 31.9 Å². The topological polar surface area (TPSA) is 9.23 Å². The van der Waals surface area contributed by atoms with Crippen molar-refractivity contribution in [2.24, 2.45) is 5.92 Å². The third-order valence-electron chi connectivity index (χ3n) is 3.58. The molecular formula is C14H18Br2O. The molecule has 0 N–H and O–H groups in total. The first-order valence-electron chi connectivity index (χ1n) is 6.04. The number of ether oxygens (including phenoxy) is 1. The molecule has 94 valence electrons. The molecular weight excluding hydrogens is 344 g/mol. The second kappa shape index (κ2) is 5.31. The van der Waals surface area contributed by atoms with Gasteiger partial charge in [-0.15, -0.1) is 0 Å². The Balaban J connectivity index is 2.60. The molecule has 2 atom stereocenters. The maximum absolute atomic E-state index is 5.55. The number of hydrogen-bond acceptors (Lipinski definition) is 1. The number of methoxy groups -OCH3 is 1. The molecule has 3 heteroatoms. The number of halogens is 2. The quantitative estimate of drug-likeness (QED) is 0.495. The largest absolute Gasteiger partial charge is 0.496 e. The van der Waals surface area contributed by atoms with Crippen molar-refractivity contribution >= 4 is 31.9 Å². The van der Waals surface area contributed by atoms with Gasteiger partial charge in [0.2, 0.25) is 0 Å². The van der Waals surface area contributed by atoms with Crippen molar-refractivity contribution in [3.8, 4) is 5.75 Å². The number of fused-ring (bicyclic) bond motifs is 1. The molecule has 0 aliphatic heterocycles. The highest BCUT2D eigenvalue weighted by molar-refractivity contribution is 9.11. The summed E-state index contributed by atoms with van der Waals surface area (Å²) in [6.45, 7) is 4.45. The van der Waals surface area contributed by atoms with Gasteiger partial charge in [0.1, 0.15) is 5.75 Å². The summed E-state index contributed by atoms with van der Waals surface area (Å²) in [4.78, 5) is 0.429. The molecule has 2 unspecified atom stereocenters. The fraction of sp³-hybridized carbons (Fsp3) is 0.571. The van der Waals surface area contributed by atoms with Crippen LogP contribution in [-0.2, 0) is 6.42 Å². The van der Waals surface area contributed by atoms with E-state index in [0.29, 0.717) is 4.83 Å². The summed E-state index contributed by atoms with van der Waals surface area (Å²) in [6.07, 6.45) is 3.54. The first-order chi connectivity index (χ1) is 8.04. The zero-order valence-corrected chi connectivity index (χ0v) is 13.7. The van der Waals surface area contributed by atoms with Gasteiger partial charge in [-0.25, -0.2) is 0 Å². The monoisotopic (exact) mass is 360 g/mol. The van der Waals surface area contributed by atoms with E-state index in [9.17, 15) is 0 Å². The maximum atomic E-state index is 5.55. The highest BCUT2D eigenvalue weighted by Crippen LogP contribution is 2.45. The Morgan fingerprint density at radius 1 is 1.41 bits per heavy atom. The number of hydrogen-bond donors (Lipinski definition) is 0. The summed E-state index contributed by atoms with van der Waals surface area (Å²) in [5, 5.41) is 0. The first kappa shape index (κ1) is 13.4. The molecule has 0 amide bonds. The Labute approximate surface area is 120 Å². The average Bonchev–Trinajstić information content (AvgIpc) is 2.43. The lowest BCUT2D eigenvalue weighted by Crippen LogP contribution is -2.01. The van der Waals surface area contributed by atoms with E-state index in [0.717, 1.165) is 18.1 Å². The van der Waals surface area contributed by atoms with Crippen molar-refractivity contribution in [1.82, 2.24) is 0 Å². The zero-order valence-electron chi connectivity index (χ0n) is 10.5. The molecule has 0 radical (unpaired) electrons. The van der Waals surface area contributed by atoms with Gasteiger partial charge in [-0.1, -0.05) is 38.8 Å². The lowest BCUT2D eigenvalue weighted by atomic mass is 9.99. The van der Waals surface area contributed by atoms with Gasteiger partial charge in [0.25, 0.3) is 0 Å². The summed E-state index contributed by atoms with van der Waals surface area (Å²) in [5.74, 6) is 1.79. The Bertz CT molecular complexity index is 429. The van der Waals surface area contributed by atoms with E-state index < -0.39 is 0 Å². The van der Waals surface area contributed by atoms with Crippen molar-refractivity contribution < 1.29 is 4.74 Å². The lowest BCUT2D eigenvalue weighted by Gasteiger charge is -2.18. The molecule has 1 aliphatic carbocycles. The van der Waals surface area contributed by atoms with Crippen LogP contribution in [0.4, 0.5) is 0 Å². The molecule has 0 spiro atoms. The van der Waals surface area contributed by atoms with Crippen LogP contribution < -0.4 is 4.74 Å². The van der Waals surface area contributed by atoms with Crippen LogP contribution in [0.5, 0.6) is 5.75 Å². The summed E-state index contributed by atoms with van der Waals surface area (Å²) < 4.78 is 6.79. The molecule has 2 rings (SSSR count). The van der Waals surface area contributed by atoms with E-state index >= 15 is 0 Å². The molecule has 0 aromatic heterocycles. The predicted molar refractivity (Wildman–Crippen MR) is 79.2 cm³/mol. The van der Waals surface area contributed by atoms with Crippen LogP contribution in [0, 0.1) is 12.8 Å². The fourth-order valence-electron chi connectivity index (χ4n) is 2.57. The summed E-state index contributed by atoms with van der Waals surface area (Å²) in [6, 6.07) is 2.14. The minimum atomic E-state index is 0.429. The van der Waals surface area contributed by atoms with Crippen LogP contribution in [-0.4, -0.2) is 7.11 Å². The van der Waals surface area contributed by atoms with E-state index in [4.69, 9.17) is 4.74 Å². The van der Waals surface area contributed by atoms with Gasteiger partial charge in [0, 0.05) is 9.30 Å². The summed E-state index contributed by atoms with van der Waals surface area (Å²) >= 11 is 7.58. The van der Waals surface area contributed by atoms with Crippen molar-refractivity contribution in [1.29, 1.82) is 0 Å². The fourth-order valence-corrected chi connectivity index (χ4v) is 4.65. The molecule has 0 fully saturated rings. The second-order valence-electron chi connectivity index (χ2n) is 4.95. The van der Waals surface area contributed by atoms with Crippen molar-refractivity contribution in [2.45, 2.75) is 37.9 Å². The summed E-state index contributed by atoms with van der Waals surface area (Å²) in [7, 11) is 1.76. The number of rotatable bonds is 1. The first-order valence-corrected chi connectivity index (χ1v) is 7.75. The van der Waals surface area contributed by atoms with Gasteiger partial charge < -0.3 is 4.74 Å². The highest BCUT2D eigenvalue weighted by atomic mass is 79.9. The Morgan fingerprint density at radius 2 is 2.12 bits per heavy atom. The molecule has 1 aromatic rings. The molecule has 0 saturated heterocycles. The van der Waals surface area contributed by atoms with Crippen LogP contribution in [0.2, 0.25) is 0 Å². The third-order valence-corrected chi connectivity index (χ3v) is 5.47. The zero-order chi connectivity index (χ0) is 12.6. The summed E-state index contributed by atoms with van der Waals surface area (Å²) in [5.41, 5.74) is 4.02. The molecule has 0 saturated carbocycles. The predicted octanol–water partition coefficient (Wildman–Crippen LogP) is 5.17. The lowest BCUT2D eigenvalue weighted by molar-refractivity contribution is 0.407. The van der Waals surface area contributed by atoms with Gasteiger partial charge in [-0.05, 0) is 54.9 Å². The molecule has 0 bridgehead atoms. The third kappa shape index (κ3) is 2.55. The smallest absolute Gasteiger partial charge is 0.122 e. The molecule has 1 aliphatic rings. The van der Waals surface area contributed by atoms with Crippen molar-refractivity contribution in [2.75, 3.05) is 7.11 Å². The van der Waals surface area contributed by atoms with E-state index in [1.165, 1.54) is 34.0 Å². The minimum Gasteiger partial charge on any atom is -0.496 e. The normalized spacial score (nSPS) is 24.1. The number of benzene rings is 1. The van der Waals surface area contributed by atoms with Crippen LogP contribution in [0.25, 0.3) is 0 Å². The Kier molecular flexibility index (Phi) is 4.19. The van der Waals surface area contributed by atoms with Gasteiger partial charge in [-0.3, -0.25) is 0 Å². The van der Waals surface area contributed by atoms with Gasteiger partial charge in [0.05, 0.1) is 7.11 Å². The number of aryl methyl sites for hydroxylation is 1. The molecule has 1 nitrogen and oxygen atoms in total. The Hall–Kier alpha value is -0.0200. The maximum Gasteiger partial charge on any atom is 0.122 e. The average molecular weight is 362 g/mol.